The number of methoxy groups -OCH3 is 1. The number of anilines is 1. The smallest absolute Gasteiger partial charge is 0.324 e. The molecule has 2 fully saturated rings. The van der Waals surface area contributed by atoms with Gasteiger partial charge >= 0.3 is 6.03 Å². The van der Waals surface area contributed by atoms with Gasteiger partial charge in [-0.2, -0.15) is 0 Å². The highest BCUT2D eigenvalue weighted by Crippen LogP contribution is 2.47. The Hall–Kier alpha value is -2.15. The number of piperidine rings is 1. The van der Waals surface area contributed by atoms with E-state index >= 15 is 0 Å². The molecule has 1 saturated heterocycles. The van der Waals surface area contributed by atoms with Crippen LogP contribution in [0.5, 0.6) is 5.19 Å². The Morgan fingerprint density at radius 1 is 1.29 bits per heavy atom. The fourth-order valence-corrected chi connectivity index (χ4v) is 4.58. The standard InChI is InChI=1S/C17H20N4O2S/c1-23-17-20-19-15(24-17)18-16(22)21-10-11-7-8-13(9-11)14(21)12-5-3-2-4-6-12/h2-6,11,13-14H,7-10H2,1H3,(H,18,19,22)/t11-,13-,14-/m0/s1. The molecule has 126 valence electrons. The highest BCUT2D eigenvalue weighted by Gasteiger charge is 2.43. The van der Waals surface area contributed by atoms with E-state index in [-0.39, 0.29) is 12.1 Å². The number of carbonyl (C=O) groups excluding carboxylic acids is 1. The van der Waals surface area contributed by atoms with Crippen LogP contribution in [-0.2, 0) is 0 Å². The van der Waals surface area contributed by atoms with Crippen LogP contribution in [0, 0.1) is 11.8 Å². The van der Waals surface area contributed by atoms with Gasteiger partial charge in [-0.05, 0) is 48.0 Å². The van der Waals surface area contributed by atoms with E-state index in [0.717, 1.165) is 6.54 Å². The van der Waals surface area contributed by atoms with Gasteiger partial charge in [-0.15, -0.1) is 5.10 Å². The number of rotatable bonds is 3. The first-order chi connectivity index (χ1) is 11.7. The van der Waals surface area contributed by atoms with Gasteiger partial charge in [0.25, 0.3) is 5.19 Å². The molecule has 1 saturated carbocycles. The van der Waals surface area contributed by atoms with Gasteiger partial charge in [0.15, 0.2) is 0 Å². The molecule has 1 aromatic carbocycles. The number of carbonyl (C=O) groups is 1. The van der Waals surface area contributed by atoms with Gasteiger partial charge in [-0.25, -0.2) is 4.79 Å². The van der Waals surface area contributed by atoms with Crippen molar-refractivity contribution in [2.45, 2.75) is 25.3 Å². The van der Waals surface area contributed by atoms with Crippen molar-refractivity contribution in [3.8, 4) is 5.19 Å². The van der Waals surface area contributed by atoms with E-state index in [4.69, 9.17) is 4.74 Å². The van der Waals surface area contributed by atoms with Crippen molar-refractivity contribution in [2.24, 2.45) is 11.8 Å². The van der Waals surface area contributed by atoms with Gasteiger partial charge in [0.05, 0.1) is 13.2 Å². The maximum absolute atomic E-state index is 12.9. The van der Waals surface area contributed by atoms with E-state index in [1.165, 1.54) is 36.2 Å². The molecule has 2 amide bonds. The maximum Gasteiger partial charge on any atom is 0.324 e. The van der Waals surface area contributed by atoms with Gasteiger partial charge in [0, 0.05) is 6.54 Å². The summed E-state index contributed by atoms with van der Waals surface area (Å²) in [4.78, 5) is 14.9. The first-order valence-corrected chi connectivity index (χ1v) is 9.06. The quantitative estimate of drug-likeness (QED) is 0.924. The van der Waals surface area contributed by atoms with Gasteiger partial charge in [-0.1, -0.05) is 35.4 Å². The molecule has 1 aliphatic carbocycles. The molecule has 7 heteroatoms. The molecule has 1 aromatic heterocycles. The van der Waals surface area contributed by atoms with Crippen LogP contribution in [0.2, 0.25) is 0 Å². The second-order valence-corrected chi connectivity index (χ2v) is 7.39. The predicted octanol–water partition coefficient (Wildman–Crippen LogP) is 3.55. The van der Waals surface area contributed by atoms with Crippen molar-refractivity contribution in [1.82, 2.24) is 15.1 Å². The van der Waals surface area contributed by atoms with Crippen molar-refractivity contribution in [3.63, 3.8) is 0 Å². The summed E-state index contributed by atoms with van der Waals surface area (Å²) in [6.45, 7) is 0.803. The van der Waals surface area contributed by atoms with Crippen molar-refractivity contribution in [3.05, 3.63) is 35.9 Å². The first kappa shape index (κ1) is 15.4. The van der Waals surface area contributed by atoms with E-state index in [1.807, 2.05) is 23.1 Å². The molecule has 2 aromatic rings. The molecule has 0 radical (unpaired) electrons. The normalized spacial score (nSPS) is 25.5. The largest absolute Gasteiger partial charge is 0.472 e. The molecule has 1 aliphatic heterocycles. The number of hydrogen-bond donors (Lipinski definition) is 1. The lowest BCUT2D eigenvalue weighted by atomic mass is 9.86. The Bertz CT molecular complexity index is 720. The minimum atomic E-state index is -0.0979. The third-order valence-corrected chi connectivity index (χ3v) is 5.82. The molecule has 6 nitrogen and oxygen atoms in total. The van der Waals surface area contributed by atoms with Crippen LogP contribution < -0.4 is 10.1 Å². The van der Waals surface area contributed by atoms with E-state index in [2.05, 4.69) is 27.6 Å². The van der Waals surface area contributed by atoms with Gasteiger partial charge in [0.2, 0.25) is 5.13 Å². The lowest BCUT2D eigenvalue weighted by molar-refractivity contribution is 0.121. The van der Waals surface area contributed by atoms with E-state index in [9.17, 15) is 4.79 Å². The summed E-state index contributed by atoms with van der Waals surface area (Å²) in [7, 11) is 1.54. The Morgan fingerprint density at radius 2 is 2.12 bits per heavy atom. The molecule has 0 unspecified atom stereocenters. The van der Waals surface area contributed by atoms with Crippen LogP contribution in [0.4, 0.5) is 9.93 Å². The minimum Gasteiger partial charge on any atom is -0.472 e. The van der Waals surface area contributed by atoms with Gasteiger partial charge in [0.1, 0.15) is 0 Å². The average molecular weight is 344 g/mol. The van der Waals surface area contributed by atoms with Crippen molar-refractivity contribution in [2.75, 3.05) is 19.0 Å². The monoisotopic (exact) mass is 344 g/mol. The molecule has 0 spiro atoms. The lowest BCUT2D eigenvalue weighted by Crippen LogP contribution is -2.45. The third kappa shape index (κ3) is 2.84. The van der Waals surface area contributed by atoms with Crippen LogP contribution in [0.3, 0.4) is 0 Å². The third-order valence-electron chi connectivity index (χ3n) is 5.02. The van der Waals surface area contributed by atoms with E-state index < -0.39 is 0 Å². The number of nitrogens with zero attached hydrogens (tertiary/aromatic N) is 3. The number of aromatic nitrogens is 2. The first-order valence-electron chi connectivity index (χ1n) is 8.24. The van der Waals surface area contributed by atoms with Crippen molar-refractivity contribution in [1.29, 1.82) is 0 Å². The molecule has 3 atom stereocenters. The van der Waals surface area contributed by atoms with Crippen LogP contribution in [0.1, 0.15) is 30.9 Å². The highest BCUT2D eigenvalue weighted by atomic mass is 32.1. The van der Waals surface area contributed by atoms with Gasteiger partial charge < -0.3 is 9.64 Å². The molecular weight excluding hydrogens is 324 g/mol. The summed E-state index contributed by atoms with van der Waals surface area (Å²) >= 11 is 1.24. The number of nitrogens with one attached hydrogen (secondary N) is 1. The summed E-state index contributed by atoms with van der Waals surface area (Å²) in [5, 5.41) is 11.6. The summed E-state index contributed by atoms with van der Waals surface area (Å²) < 4.78 is 5.04. The number of amides is 2. The Morgan fingerprint density at radius 3 is 2.88 bits per heavy atom. The minimum absolute atomic E-state index is 0.0979. The fraction of sp³-hybridized carbons (Fsp3) is 0.471. The van der Waals surface area contributed by atoms with Gasteiger partial charge in [-0.3, -0.25) is 5.32 Å². The second-order valence-electron chi connectivity index (χ2n) is 6.45. The zero-order valence-electron chi connectivity index (χ0n) is 13.5. The predicted molar refractivity (Wildman–Crippen MR) is 92.2 cm³/mol. The fourth-order valence-electron chi connectivity index (χ4n) is 4.03. The van der Waals surface area contributed by atoms with E-state index in [0.29, 0.717) is 22.2 Å². The van der Waals surface area contributed by atoms with Crippen LogP contribution in [-0.4, -0.2) is 34.8 Å². The highest BCUT2D eigenvalue weighted by molar-refractivity contribution is 7.17. The van der Waals surface area contributed by atoms with Crippen molar-refractivity contribution >= 4 is 22.5 Å². The molecule has 1 N–H and O–H groups in total. The second kappa shape index (κ2) is 6.39. The summed E-state index contributed by atoms with van der Waals surface area (Å²) in [6, 6.07) is 10.4. The van der Waals surface area contributed by atoms with E-state index in [1.54, 1.807) is 7.11 Å². The molecule has 4 rings (SSSR count). The molecular formula is C17H20N4O2S. The number of likely N-dealkylation sites (tertiary alicyclic amines) is 1. The summed E-state index contributed by atoms with van der Waals surface area (Å²) in [5.74, 6) is 1.16. The maximum atomic E-state index is 12.9. The zero-order chi connectivity index (χ0) is 16.5. The Kier molecular flexibility index (Phi) is 4.10. The molecule has 2 aliphatic rings. The number of ether oxygens (including phenoxy) is 1. The van der Waals surface area contributed by atoms with Crippen LogP contribution >= 0.6 is 11.3 Å². The lowest BCUT2D eigenvalue weighted by Gasteiger charge is -2.40. The SMILES string of the molecule is COc1nnc(NC(=O)N2C[C@H]3CC[C@@H](C3)[C@@H]2c2ccccc2)s1. The number of benzene rings is 1. The molecule has 2 heterocycles. The number of urea groups is 1. The Balaban J connectivity index is 1.57. The number of fused-ring (bicyclic) bond motifs is 2. The summed E-state index contributed by atoms with van der Waals surface area (Å²) in [6.07, 6.45) is 3.63. The van der Waals surface area contributed by atoms with Crippen LogP contribution in [0.25, 0.3) is 0 Å². The zero-order valence-corrected chi connectivity index (χ0v) is 14.3. The molecule has 2 bridgehead atoms. The van der Waals surface area contributed by atoms with Crippen LogP contribution in [0.15, 0.2) is 30.3 Å². The van der Waals surface area contributed by atoms with Crippen molar-refractivity contribution < 1.29 is 9.53 Å². The molecule has 24 heavy (non-hydrogen) atoms. The average Bonchev–Trinajstić information content (AvgIpc) is 3.22. The number of hydrogen-bond acceptors (Lipinski definition) is 5. The summed E-state index contributed by atoms with van der Waals surface area (Å²) in [5.41, 5.74) is 1.22. The Labute approximate surface area is 144 Å². The topological polar surface area (TPSA) is 67.4 Å².